The molecule has 2 aliphatic heterocycles. The minimum Gasteiger partial charge on any atom is -0.474 e. The number of fused-ring (bicyclic) bond motifs is 2. The van der Waals surface area contributed by atoms with Crippen molar-refractivity contribution in [3.05, 3.63) is 35.9 Å². The first kappa shape index (κ1) is 30.7. The van der Waals surface area contributed by atoms with Crippen molar-refractivity contribution in [2.45, 2.75) is 45.6 Å². The van der Waals surface area contributed by atoms with Crippen LogP contribution in [0.15, 0.2) is 24.5 Å². The number of nitrogens with one attached hydrogen (secondary N) is 2. The molecule has 13 nitrogen and oxygen atoms in total. The molecular weight excluding hydrogens is 582 g/mol. The van der Waals surface area contributed by atoms with E-state index >= 15 is 4.39 Å². The Morgan fingerprint density at radius 2 is 1.84 bits per heavy atom. The number of nitrogens with zero attached hydrogens (tertiary/aromatic N) is 4. The van der Waals surface area contributed by atoms with E-state index in [2.05, 4.69) is 20.6 Å². The first-order chi connectivity index (χ1) is 20.7. The minimum atomic E-state index is -1.33. The number of ether oxygens (including phenoxy) is 3. The van der Waals surface area contributed by atoms with E-state index in [1.165, 1.54) is 24.5 Å². The van der Waals surface area contributed by atoms with Crippen LogP contribution in [0, 0.1) is 12.7 Å². The van der Waals surface area contributed by atoms with Crippen LogP contribution in [0.25, 0.3) is 21.9 Å². The van der Waals surface area contributed by atoms with Gasteiger partial charge < -0.3 is 19.3 Å². The summed E-state index contributed by atoms with van der Waals surface area (Å²) in [6.07, 6.45) is -2.74. The van der Waals surface area contributed by atoms with Crippen LogP contribution in [-0.4, -0.2) is 89.4 Å². The van der Waals surface area contributed by atoms with Gasteiger partial charge in [0, 0.05) is 42.0 Å². The number of likely N-dealkylation sites (tertiary alicyclic amines) is 1. The third-order valence-corrected chi connectivity index (χ3v) is 7.07. The molecule has 3 amide bonds. The molecule has 1 saturated heterocycles. The van der Waals surface area contributed by atoms with Crippen LogP contribution in [0.5, 0.6) is 5.88 Å². The van der Waals surface area contributed by atoms with Crippen molar-refractivity contribution in [1.29, 1.82) is 0 Å². The maximum atomic E-state index is 16.3. The fourth-order valence-corrected chi connectivity index (χ4v) is 5.16. The van der Waals surface area contributed by atoms with Gasteiger partial charge in [0.05, 0.1) is 12.2 Å². The lowest BCUT2D eigenvalue weighted by molar-refractivity contribution is 0.0635. The van der Waals surface area contributed by atoms with Gasteiger partial charge in [0.2, 0.25) is 5.88 Å². The van der Waals surface area contributed by atoms with Crippen molar-refractivity contribution in [2.75, 3.05) is 48.8 Å². The summed E-state index contributed by atoms with van der Waals surface area (Å²) in [4.78, 5) is 48.4. The number of likely N-dealkylation sites (N-methyl/N-ethyl adjacent to an activating group) is 1. The zero-order chi connectivity index (χ0) is 31.9. The topological polar surface area (TPSA) is 155 Å². The molecule has 4 heterocycles. The van der Waals surface area contributed by atoms with E-state index in [9.17, 15) is 23.9 Å². The van der Waals surface area contributed by atoms with E-state index in [4.69, 9.17) is 14.2 Å². The highest BCUT2D eigenvalue weighted by Gasteiger charge is 2.34. The van der Waals surface area contributed by atoms with Crippen LogP contribution in [0.4, 0.5) is 40.4 Å². The molecule has 1 fully saturated rings. The van der Waals surface area contributed by atoms with Crippen molar-refractivity contribution in [3.8, 4) is 17.0 Å². The average Bonchev–Trinajstić information content (AvgIpc) is 3.24. The van der Waals surface area contributed by atoms with E-state index < -0.39 is 42.0 Å². The lowest BCUT2D eigenvalue weighted by atomic mass is 9.96. The van der Waals surface area contributed by atoms with Gasteiger partial charge in [0.15, 0.2) is 12.0 Å². The summed E-state index contributed by atoms with van der Waals surface area (Å²) in [6, 6.07) is 2.89. The summed E-state index contributed by atoms with van der Waals surface area (Å²) in [5, 5.41) is 15.2. The first-order valence-corrected chi connectivity index (χ1v) is 13.8. The Bertz CT molecular complexity index is 1650. The zero-order valence-electron chi connectivity index (χ0n) is 24.7. The average molecular weight is 615 g/mol. The SMILES string of the molecule is Cc1c(-c2cc3cc(NC(=O)OC4CN(C)CC4F)ncc3c(NC(=O)OC(C)(C)C)c2F)cnc2c1N(C(=O)O)CCO2. The molecule has 234 valence electrons. The van der Waals surface area contributed by atoms with Crippen LogP contribution in [0.1, 0.15) is 26.3 Å². The predicted molar refractivity (Wildman–Crippen MR) is 157 cm³/mol. The number of hydrogen-bond donors (Lipinski definition) is 3. The quantitative estimate of drug-likeness (QED) is 0.358. The molecule has 1 aromatic carbocycles. The highest BCUT2D eigenvalue weighted by atomic mass is 19.1. The number of alkyl halides is 1. The van der Waals surface area contributed by atoms with Gasteiger partial charge in [-0.2, -0.15) is 0 Å². The van der Waals surface area contributed by atoms with Gasteiger partial charge in [-0.1, -0.05) is 0 Å². The number of hydrogen-bond acceptors (Lipinski definition) is 9. The molecule has 15 heteroatoms. The van der Waals surface area contributed by atoms with Gasteiger partial charge >= 0.3 is 18.3 Å². The molecule has 5 rings (SSSR count). The number of aromatic nitrogens is 2. The van der Waals surface area contributed by atoms with Gasteiger partial charge in [-0.15, -0.1) is 0 Å². The Kier molecular flexibility index (Phi) is 8.16. The van der Waals surface area contributed by atoms with Gasteiger partial charge in [-0.3, -0.25) is 20.4 Å². The number of halogens is 2. The molecule has 3 N–H and O–H groups in total. The molecule has 0 aliphatic carbocycles. The zero-order valence-corrected chi connectivity index (χ0v) is 24.7. The first-order valence-electron chi connectivity index (χ1n) is 13.8. The van der Waals surface area contributed by atoms with Gasteiger partial charge in [0.25, 0.3) is 0 Å². The fourth-order valence-electron chi connectivity index (χ4n) is 5.16. The molecule has 3 aromatic rings. The van der Waals surface area contributed by atoms with Gasteiger partial charge in [-0.05, 0) is 57.8 Å². The Morgan fingerprint density at radius 1 is 1.09 bits per heavy atom. The van der Waals surface area contributed by atoms with Crippen molar-refractivity contribution in [2.24, 2.45) is 0 Å². The Balaban J connectivity index is 1.58. The number of pyridine rings is 2. The molecule has 44 heavy (non-hydrogen) atoms. The molecular formula is C29H32F2N6O7. The van der Waals surface area contributed by atoms with Crippen LogP contribution in [-0.2, 0) is 9.47 Å². The van der Waals surface area contributed by atoms with Crippen LogP contribution < -0.4 is 20.3 Å². The highest BCUT2D eigenvalue weighted by Crippen LogP contribution is 2.42. The largest absolute Gasteiger partial charge is 0.474 e. The Morgan fingerprint density at radius 3 is 2.50 bits per heavy atom. The second-order valence-electron chi connectivity index (χ2n) is 11.6. The molecule has 2 unspecified atom stereocenters. The highest BCUT2D eigenvalue weighted by molar-refractivity contribution is 6.04. The van der Waals surface area contributed by atoms with Gasteiger partial charge in [-0.25, -0.2) is 33.1 Å². The lowest BCUT2D eigenvalue weighted by Gasteiger charge is -2.29. The summed E-state index contributed by atoms with van der Waals surface area (Å²) in [5.41, 5.74) is -0.386. The number of anilines is 3. The summed E-state index contributed by atoms with van der Waals surface area (Å²) in [6.45, 7) is 7.11. The summed E-state index contributed by atoms with van der Waals surface area (Å²) in [5.74, 6) is -0.741. The second kappa shape index (κ2) is 11.7. The van der Waals surface area contributed by atoms with E-state index in [0.29, 0.717) is 10.9 Å². The molecule has 0 saturated carbocycles. The van der Waals surface area contributed by atoms with Crippen molar-refractivity contribution >= 4 is 46.2 Å². The third kappa shape index (κ3) is 6.27. The van der Waals surface area contributed by atoms with Crippen LogP contribution >= 0.6 is 0 Å². The lowest BCUT2D eigenvalue weighted by Crippen LogP contribution is -2.37. The van der Waals surface area contributed by atoms with E-state index in [0.717, 1.165) is 4.90 Å². The van der Waals surface area contributed by atoms with E-state index in [-0.39, 0.29) is 65.8 Å². The number of carboxylic acid groups (broad SMARTS) is 1. The molecule has 2 aliphatic rings. The second-order valence-corrected chi connectivity index (χ2v) is 11.6. The van der Waals surface area contributed by atoms with Crippen molar-refractivity contribution in [3.63, 3.8) is 0 Å². The molecule has 0 radical (unpaired) electrons. The smallest absolute Gasteiger partial charge is 0.413 e. The van der Waals surface area contributed by atoms with Crippen molar-refractivity contribution in [1.82, 2.24) is 14.9 Å². The van der Waals surface area contributed by atoms with Crippen LogP contribution in [0.3, 0.4) is 0 Å². The normalized spacial score (nSPS) is 18.4. The number of carbonyl (C=O) groups is 3. The number of benzene rings is 1. The standard InChI is InChI=1S/C29H32F2N6O7/c1-14-17(10-33-25-24(14)37(28(40)41)6-7-42-25)16-8-15-9-21(34-26(38)43-20-13-36(5)12-19(20)30)32-11-18(15)23(22(16)31)35-27(39)44-29(2,3)4/h8-11,19-20H,6-7,12-13H2,1-5H3,(H,35,39)(H,40,41)(H,32,34,38). The molecule has 0 spiro atoms. The maximum Gasteiger partial charge on any atom is 0.413 e. The van der Waals surface area contributed by atoms with E-state index in [1.54, 1.807) is 39.6 Å². The number of rotatable bonds is 4. The summed E-state index contributed by atoms with van der Waals surface area (Å²) >= 11 is 0. The minimum absolute atomic E-state index is 0.0239. The summed E-state index contributed by atoms with van der Waals surface area (Å²) in [7, 11) is 1.71. The third-order valence-electron chi connectivity index (χ3n) is 7.07. The fraction of sp³-hybridized carbons (Fsp3) is 0.414. The number of carbonyl (C=O) groups excluding carboxylic acids is 2. The molecule has 0 bridgehead atoms. The summed E-state index contributed by atoms with van der Waals surface area (Å²) < 4.78 is 46.6. The monoisotopic (exact) mass is 614 g/mol. The maximum absolute atomic E-state index is 16.3. The van der Waals surface area contributed by atoms with Crippen LogP contribution in [0.2, 0.25) is 0 Å². The van der Waals surface area contributed by atoms with Gasteiger partial charge in [0.1, 0.15) is 29.8 Å². The number of amides is 3. The predicted octanol–water partition coefficient (Wildman–Crippen LogP) is 5.17. The van der Waals surface area contributed by atoms with Crippen molar-refractivity contribution < 1.29 is 42.5 Å². The Hall–Kier alpha value is -4.79. The molecule has 2 aromatic heterocycles. The Labute approximate surface area is 251 Å². The van der Waals surface area contributed by atoms with E-state index in [1.807, 2.05) is 0 Å². The molecule has 2 atom stereocenters.